The molecule has 0 unspecified atom stereocenters. The van der Waals surface area contributed by atoms with Crippen molar-refractivity contribution in [2.75, 3.05) is 4.90 Å². The van der Waals surface area contributed by atoms with Crippen molar-refractivity contribution in [3.8, 4) is 55.6 Å². The highest BCUT2D eigenvalue weighted by molar-refractivity contribution is 5.96. The zero-order chi connectivity index (χ0) is 41.3. The smallest absolute Gasteiger partial charge is 0.0713 e. The van der Waals surface area contributed by atoms with Gasteiger partial charge in [0, 0.05) is 17.1 Å². The molecule has 0 heterocycles. The van der Waals surface area contributed by atoms with Crippen LogP contribution < -0.4 is 4.90 Å². The van der Waals surface area contributed by atoms with Crippen LogP contribution in [0.1, 0.15) is 22.3 Å². The standard InChI is InChI=1S/C61H43N/c1-5-18-44(19-6-1)45-32-38-51(39-33-45)62(52-40-34-47(35-41-52)55-27-14-13-26-54(55)46-20-7-2-8-21-46)53-42-36-48(37-43-53)56-29-17-31-59-60(56)57-28-15-16-30-58(57)61(59,49-22-9-3-10-23-49)50-24-11-4-12-25-50/h1-43H. The van der Waals surface area contributed by atoms with E-state index in [9.17, 15) is 0 Å². The first-order valence-electron chi connectivity index (χ1n) is 21.4. The molecular weight excluding hydrogens is 747 g/mol. The summed E-state index contributed by atoms with van der Waals surface area (Å²) in [7, 11) is 0. The van der Waals surface area contributed by atoms with Crippen molar-refractivity contribution in [3.05, 3.63) is 283 Å². The molecule has 0 saturated heterocycles. The predicted octanol–water partition coefficient (Wildman–Crippen LogP) is 16.2. The molecule has 10 aromatic rings. The zero-order valence-electron chi connectivity index (χ0n) is 34.3. The summed E-state index contributed by atoms with van der Waals surface area (Å²) in [5, 5.41) is 0. The van der Waals surface area contributed by atoms with Gasteiger partial charge in [-0.05, 0) is 114 Å². The highest BCUT2D eigenvalue weighted by Gasteiger charge is 2.46. The Balaban J connectivity index is 1.02. The van der Waals surface area contributed by atoms with E-state index in [0.29, 0.717) is 0 Å². The van der Waals surface area contributed by atoms with Crippen molar-refractivity contribution in [1.82, 2.24) is 0 Å². The largest absolute Gasteiger partial charge is 0.311 e. The molecule has 62 heavy (non-hydrogen) atoms. The Bertz CT molecular complexity index is 3080. The minimum absolute atomic E-state index is 0.444. The summed E-state index contributed by atoms with van der Waals surface area (Å²) in [4.78, 5) is 2.37. The second-order valence-electron chi connectivity index (χ2n) is 16.0. The van der Waals surface area contributed by atoms with Crippen LogP contribution in [0.2, 0.25) is 0 Å². The number of anilines is 3. The van der Waals surface area contributed by atoms with Gasteiger partial charge in [0.15, 0.2) is 0 Å². The molecule has 0 bridgehead atoms. The van der Waals surface area contributed by atoms with E-state index in [4.69, 9.17) is 0 Å². The van der Waals surface area contributed by atoms with Crippen molar-refractivity contribution < 1.29 is 0 Å². The summed E-state index contributed by atoms with van der Waals surface area (Å²) in [6, 6.07) is 95.0. The van der Waals surface area contributed by atoms with E-state index in [1.807, 2.05) is 0 Å². The highest BCUT2D eigenvalue weighted by atomic mass is 15.1. The molecule has 1 nitrogen and oxygen atoms in total. The number of fused-ring (bicyclic) bond motifs is 3. The van der Waals surface area contributed by atoms with Gasteiger partial charge < -0.3 is 4.90 Å². The van der Waals surface area contributed by atoms with Crippen LogP contribution in [0.25, 0.3) is 55.6 Å². The monoisotopic (exact) mass is 789 g/mol. The maximum Gasteiger partial charge on any atom is 0.0713 e. The Kier molecular flexibility index (Phi) is 9.48. The first kappa shape index (κ1) is 37.0. The van der Waals surface area contributed by atoms with Gasteiger partial charge in [-0.2, -0.15) is 0 Å². The fourth-order valence-corrected chi connectivity index (χ4v) is 9.80. The maximum absolute atomic E-state index is 2.37. The molecule has 0 radical (unpaired) electrons. The zero-order valence-corrected chi connectivity index (χ0v) is 34.3. The molecule has 1 heteroatoms. The lowest BCUT2D eigenvalue weighted by atomic mass is 9.67. The molecule has 11 rings (SSSR count). The molecule has 0 atom stereocenters. The molecule has 0 fully saturated rings. The van der Waals surface area contributed by atoms with Crippen molar-refractivity contribution in [2.24, 2.45) is 0 Å². The maximum atomic E-state index is 2.37. The summed E-state index contributed by atoms with van der Waals surface area (Å²) < 4.78 is 0. The number of hydrogen-bond donors (Lipinski definition) is 0. The lowest BCUT2D eigenvalue weighted by molar-refractivity contribution is 0.768. The quantitative estimate of drug-likeness (QED) is 0.141. The molecule has 1 aliphatic rings. The molecule has 0 saturated carbocycles. The Morgan fingerprint density at radius 3 is 1.08 bits per heavy atom. The van der Waals surface area contributed by atoms with E-state index in [1.54, 1.807) is 0 Å². The van der Waals surface area contributed by atoms with E-state index in [2.05, 4.69) is 266 Å². The third kappa shape index (κ3) is 6.35. The lowest BCUT2D eigenvalue weighted by Crippen LogP contribution is -2.28. The predicted molar refractivity (Wildman–Crippen MR) is 260 cm³/mol. The minimum atomic E-state index is -0.444. The van der Waals surface area contributed by atoms with Gasteiger partial charge in [-0.3, -0.25) is 0 Å². The molecule has 0 spiro atoms. The Morgan fingerprint density at radius 2 is 0.565 bits per heavy atom. The SMILES string of the molecule is c1ccc(-c2ccc(N(c3ccc(-c4ccccc4-c4ccccc4)cc3)c3ccc(-c4cccc5c4-c4ccccc4C5(c4ccccc4)c4ccccc4)cc3)cc2)cc1. The van der Waals surface area contributed by atoms with E-state index in [1.165, 1.54) is 77.9 Å². The van der Waals surface area contributed by atoms with Crippen LogP contribution in [-0.4, -0.2) is 0 Å². The van der Waals surface area contributed by atoms with Crippen LogP contribution >= 0.6 is 0 Å². The molecule has 292 valence electrons. The van der Waals surface area contributed by atoms with Crippen molar-refractivity contribution in [2.45, 2.75) is 5.41 Å². The van der Waals surface area contributed by atoms with Crippen molar-refractivity contribution in [1.29, 1.82) is 0 Å². The van der Waals surface area contributed by atoms with Gasteiger partial charge in [-0.25, -0.2) is 0 Å². The minimum Gasteiger partial charge on any atom is -0.311 e. The fourth-order valence-electron chi connectivity index (χ4n) is 9.80. The Morgan fingerprint density at radius 1 is 0.226 bits per heavy atom. The van der Waals surface area contributed by atoms with Crippen LogP contribution in [0.5, 0.6) is 0 Å². The van der Waals surface area contributed by atoms with E-state index in [0.717, 1.165) is 17.1 Å². The molecule has 0 amide bonds. The molecule has 0 N–H and O–H groups in total. The van der Waals surface area contributed by atoms with Crippen LogP contribution in [0, 0.1) is 0 Å². The van der Waals surface area contributed by atoms with Gasteiger partial charge >= 0.3 is 0 Å². The van der Waals surface area contributed by atoms with Crippen LogP contribution in [0.4, 0.5) is 17.1 Å². The number of benzene rings is 10. The number of rotatable bonds is 9. The lowest BCUT2D eigenvalue weighted by Gasteiger charge is -2.34. The summed E-state index contributed by atoms with van der Waals surface area (Å²) >= 11 is 0. The second kappa shape index (κ2) is 15.9. The molecule has 1 aliphatic carbocycles. The molecule has 10 aromatic carbocycles. The van der Waals surface area contributed by atoms with Crippen LogP contribution in [0.3, 0.4) is 0 Å². The number of nitrogens with zero attached hydrogens (tertiary/aromatic N) is 1. The first-order chi connectivity index (χ1) is 30.8. The van der Waals surface area contributed by atoms with Crippen LogP contribution in [-0.2, 0) is 5.41 Å². The normalized spacial score (nSPS) is 12.3. The molecule has 0 aliphatic heterocycles. The average Bonchev–Trinajstić information content (AvgIpc) is 3.67. The van der Waals surface area contributed by atoms with E-state index < -0.39 is 5.41 Å². The van der Waals surface area contributed by atoms with Crippen LogP contribution in [0.15, 0.2) is 261 Å². The first-order valence-corrected chi connectivity index (χ1v) is 21.4. The number of hydrogen-bond acceptors (Lipinski definition) is 1. The van der Waals surface area contributed by atoms with Gasteiger partial charge in [0.2, 0.25) is 0 Å². The fraction of sp³-hybridized carbons (Fsp3) is 0.0164. The van der Waals surface area contributed by atoms with Gasteiger partial charge in [0.25, 0.3) is 0 Å². The Hall–Kier alpha value is -8.00. The average molecular weight is 790 g/mol. The second-order valence-corrected chi connectivity index (χ2v) is 16.0. The van der Waals surface area contributed by atoms with Crippen molar-refractivity contribution >= 4 is 17.1 Å². The molecular formula is C61H43N. The van der Waals surface area contributed by atoms with E-state index >= 15 is 0 Å². The summed E-state index contributed by atoms with van der Waals surface area (Å²) in [5.41, 5.74) is 20.2. The van der Waals surface area contributed by atoms with Gasteiger partial charge in [0.1, 0.15) is 0 Å². The van der Waals surface area contributed by atoms with E-state index in [-0.39, 0.29) is 0 Å². The molecule has 0 aromatic heterocycles. The summed E-state index contributed by atoms with van der Waals surface area (Å²) in [5.74, 6) is 0. The highest BCUT2D eigenvalue weighted by Crippen LogP contribution is 2.58. The third-order valence-electron chi connectivity index (χ3n) is 12.6. The van der Waals surface area contributed by atoms with Gasteiger partial charge in [0.05, 0.1) is 5.41 Å². The Labute approximate surface area is 364 Å². The third-order valence-corrected chi connectivity index (χ3v) is 12.6. The van der Waals surface area contributed by atoms with Gasteiger partial charge in [-0.1, -0.05) is 224 Å². The topological polar surface area (TPSA) is 3.24 Å². The summed E-state index contributed by atoms with van der Waals surface area (Å²) in [6.07, 6.45) is 0. The van der Waals surface area contributed by atoms with Crippen molar-refractivity contribution in [3.63, 3.8) is 0 Å². The summed E-state index contributed by atoms with van der Waals surface area (Å²) in [6.45, 7) is 0. The van der Waals surface area contributed by atoms with Gasteiger partial charge in [-0.15, -0.1) is 0 Å².